The molecule has 0 aliphatic rings. The first kappa shape index (κ1) is 16.6. The van der Waals surface area contributed by atoms with E-state index in [1.54, 1.807) is 6.07 Å². The first-order chi connectivity index (χ1) is 9.20. The number of carboxylic acids is 1. The Morgan fingerprint density at radius 2 is 2.00 bits per heavy atom. The van der Waals surface area contributed by atoms with Crippen LogP contribution in [0.2, 0.25) is 0 Å². The van der Waals surface area contributed by atoms with Gasteiger partial charge in [-0.05, 0) is 23.6 Å². The van der Waals surface area contributed by atoms with Gasteiger partial charge in [-0.2, -0.15) is 8.42 Å². The van der Waals surface area contributed by atoms with Crippen LogP contribution in [0.3, 0.4) is 0 Å². The van der Waals surface area contributed by atoms with E-state index in [1.807, 2.05) is 13.8 Å². The molecule has 1 unspecified atom stereocenters. The van der Waals surface area contributed by atoms with Crippen LogP contribution >= 0.6 is 0 Å². The zero-order valence-corrected chi connectivity index (χ0v) is 12.2. The monoisotopic (exact) mass is 301 g/mol. The molecule has 112 valence electrons. The molecule has 0 heterocycles. The highest BCUT2D eigenvalue weighted by atomic mass is 32.2. The molecule has 0 saturated carbocycles. The summed E-state index contributed by atoms with van der Waals surface area (Å²) in [6.07, 6.45) is -0.00431. The first-order valence-electron chi connectivity index (χ1n) is 6.21. The summed E-state index contributed by atoms with van der Waals surface area (Å²) in [5.41, 5.74) is 0.663. The predicted octanol–water partition coefficient (Wildman–Crippen LogP) is 1.52. The lowest BCUT2D eigenvalue weighted by atomic mass is 10.0. The highest BCUT2D eigenvalue weighted by Gasteiger charge is 2.17. The zero-order chi connectivity index (χ0) is 15.3. The molecular weight excluding hydrogens is 282 g/mol. The van der Waals surface area contributed by atoms with E-state index in [9.17, 15) is 13.2 Å². The molecule has 1 aromatic rings. The quantitative estimate of drug-likeness (QED) is 0.660. The van der Waals surface area contributed by atoms with Gasteiger partial charge in [0.25, 0.3) is 10.1 Å². The summed E-state index contributed by atoms with van der Waals surface area (Å²) in [6.45, 7) is 4.16. The van der Waals surface area contributed by atoms with Gasteiger partial charge in [0.15, 0.2) is 0 Å². The van der Waals surface area contributed by atoms with Gasteiger partial charge in [0.1, 0.15) is 0 Å². The molecule has 1 rings (SSSR count). The summed E-state index contributed by atoms with van der Waals surface area (Å²) in [6, 6.07) is 5.69. The molecule has 0 aliphatic carbocycles. The van der Waals surface area contributed by atoms with E-state index in [4.69, 9.17) is 9.66 Å². The fourth-order valence-electron chi connectivity index (χ4n) is 1.80. The van der Waals surface area contributed by atoms with Crippen LogP contribution < -0.4 is 5.32 Å². The fraction of sp³-hybridized carbons (Fsp3) is 0.462. The van der Waals surface area contributed by atoms with Crippen LogP contribution in [0.15, 0.2) is 29.2 Å². The van der Waals surface area contributed by atoms with Crippen LogP contribution in [0.5, 0.6) is 0 Å². The molecule has 0 saturated heterocycles. The van der Waals surface area contributed by atoms with Crippen LogP contribution in [0, 0.1) is 5.92 Å². The highest BCUT2D eigenvalue weighted by molar-refractivity contribution is 7.85. The lowest BCUT2D eigenvalue weighted by molar-refractivity contribution is -0.137. The fourth-order valence-corrected chi connectivity index (χ4v) is 2.35. The molecule has 0 aromatic heterocycles. The largest absolute Gasteiger partial charge is 0.481 e. The molecular formula is C13H19NO5S. The van der Waals surface area contributed by atoms with Crippen LogP contribution in [-0.2, 0) is 21.5 Å². The lowest BCUT2D eigenvalue weighted by Crippen LogP contribution is -2.35. The van der Waals surface area contributed by atoms with Crippen LogP contribution in [0.4, 0.5) is 0 Å². The van der Waals surface area contributed by atoms with Crippen molar-refractivity contribution in [3.63, 3.8) is 0 Å². The average Bonchev–Trinajstić information content (AvgIpc) is 2.33. The van der Waals surface area contributed by atoms with Gasteiger partial charge in [0.2, 0.25) is 0 Å². The Morgan fingerprint density at radius 1 is 1.35 bits per heavy atom. The maximum absolute atomic E-state index is 11.0. The number of hydrogen-bond donors (Lipinski definition) is 3. The van der Waals surface area contributed by atoms with Gasteiger partial charge in [-0.25, -0.2) is 0 Å². The van der Waals surface area contributed by atoms with Crippen molar-refractivity contribution in [1.82, 2.24) is 5.32 Å². The molecule has 0 amide bonds. The Balaban J connectivity index is 2.76. The molecule has 0 bridgehead atoms. The smallest absolute Gasteiger partial charge is 0.304 e. The highest BCUT2D eigenvalue weighted by Crippen LogP contribution is 2.12. The van der Waals surface area contributed by atoms with Crippen molar-refractivity contribution in [2.24, 2.45) is 5.92 Å². The van der Waals surface area contributed by atoms with Gasteiger partial charge in [0.05, 0.1) is 11.3 Å². The molecule has 1 atom stereocenters. The van der Waals surface area contributed by atoms with Gasteiger partial charge >= 0.3 is 5.97 Å². The van der Waals surface area contributed by atoms with E-state index in [-0.39, 0.29) is 23.3 Å². The summed E-state index contributed by atoms with van der Waals surface area (Å²) in [5, 5.41) is 11.9. The first-order valence-corrected chi connectivity index (χ1v) is 7.65. The maximum atomic E-state index is 11.0. The standard InChI is InChI=1S/C13H19NO5S/c1-9(2)12(7-13(15)16)14-8-10-4-3-5-11(6-10)20(17,18)19/h3-6,9,12,14H,7-8H2,1-2H3,(H,15,16)(H,17,18,19). The van der Waals surface area contributed by atoms with Crippen LogP contribution in [0.1, 0.15) is 25.8 Å². The molecule has 7 heteroatoms. The van der Waals surface area contributed by atoms with Gasteiger partial charge in [-0.1, -0.05) is 26.0 Å². The zero-order valence-electron chi connectivity index (χ0n) is 11.4. The van der Waals surface area contributed by atoms with Crippen molar-refractivity contribution in [3.8, 4) is 0 Å². The second kappa shape index (κ2) is 6.83. The van der Waals surface area contributed by atoms with Gasteiger partial charge in [0, 0.05) is 12.6 Å². The van der Waals surface area contributed by atoms with E-state index in [2.05, 4.69) is 5.32 Å². The molecule has 6 nitrogen and oxygen atoms in total. The topological polar surface area (TPSA) is 104 Å². The molecule has 0 spiro atoms. The molecule has 20 heavy (non-hydrogen) atoms. The van der Waals surface area contributed by atoms with E-state index in [1.165, 1.54) is 18.2 Å². The van der Waals surface area contributed by atoms with Gasteiger partial charge in [-0.15, -0.1) is 0 Å². The molecule has 3 N–H and O–H groups in total. The predicted molar refractivity (Wildman–Crippen MR) is 74.0 cm³/mol. The lowest BCUT2D eigenvalue weighted by Gasteiger charge is -2.20. The second-order valence-electron chi connectivity index (χ2n) is 4.95. The minimum atomic E-state index is -4.22. The van der Waals surface area contributed by atoms with E-state index < -0.39 is 16.1 Å². The van der Waals surface area contributed by atoms with E-state index in [0.717, 1.165) is 0 Å². The Labute approximate surface area is 118 Å². The number of benzene rings is 1. The third-order valence-electron chi connectivity index (χ3n) is 2.96. The summed E-state index contributed by atoms with van der Waals surface area (Å²) >= 11 is 0. The van der Waals surface area contributed by atoms with Crippen LogP contribution in [0.25, 0.3) is 0 Å². The number of aliphatic carboxylic acids is 1. The average molecular weight is 301 g/mol. The van der Waals surface area contributed by atoms with Crippen molar-refractivity contribution in [2.45, 2.75) is 37.8 Å². The summed E-state index contributed by atoms with van der Waals surface area (Å²) in [4.78, 5) is 10.6. The van der Waals surface area contributed by atoms with Crippen molar-refractivity contribution in [1.29, 1.82) is 0 Å². The molecule has 0 radical (unpaired) electrons. The Kier molecular flexibility index (Phi) is 5.67. The SMILES string of the molecule is CC(C)C(CC(=O)O)NCc1cccc(S(=O)(=O)O)c1. The number of nitrogens with one attached hydrogen (secondary N) is 1. The third-order valence-corrected chi connectivity index (χ3v) is 3.81. The Hall–Kier alpha value is -1.44. The molecule has 0 fully saturated rings. The number of rotatable bonds is 7. The summed E-state index contributed by atoms with van der Waals surface area (Å²) in [7, 11) is -4.22. The maximum Gasteiger partial charge on any atom is 0.304 e. The van der Waals surface area contributed by atoms with E-state index in [0.29, 0.717) is 12.1 Å². The van der Waals surface area contributed by atoms with Crippen LogP contribution in [-0.4, -0.2) is 30.1 Å². The molecule has 1 aromatic carbocycles. The Morgan fingerprint density at radius 3 is 2.50 bits per heavy atom. The van der Waals surface area contributed by atoms with E-state index >= 15 is 0 Å². The minimum absolute atomic E-state index is 0.00431. The van der Waals surface area contributed by atoms with Crippen molar-refractivity contribution in [3.05, 3.63) is 29.8 Å². The van der Waals surface area contributed by atoms with Crippen molar-refractivity contribution < 1.29 is 22.9 Å². The second-order valence-corrected chi connectivity index (χ2v) is 6.37. The molecule has 0 aliphatic heterocycles. The van der Waals surface area contributed by atoms with Crippen molar-refractivity contribution in [2.75, 3.05) is 0 Å². The Bertz CT molecular complexity index is 568. The normalized spacial score (nSPS) is 13.4. The minimum Gasteiger partial charge on any atom is -0.481 e. The van der Waals surface area contributed by atoms with Gasteiger partial charge < -0.3 is 10.4 Å². The van der Waals surface area contributed by atoms with Crippen molar-refractivity contribution >= 4 is 16.1 Å². The number of hydrogen-bond acceptors (Lipinski definition) is 4. The van der Waals surface area contributed by atoms with Gasteiger partial charge in [-0.3, -0.25) is 9.35 Å². The third kappa shape index (κ3) is 5.28. The number of carboxylic acid groups (broad SMARTS) is 1. The summed E-state index contributed by atoms with van der Waals surface area (Å²) in [5.74, 6) is -0.751. The summed E-state index contributed by atoms with van der Waals surface area (Å²) < 4.78 is 31.0. The number of carbonyl (C=O) groups is 1.